The van der Waals surface area contributed by atoms with Crippen LogP contribution in [-0.2, 0) is 4.79 Å². The fourth-order valence-corrected chi connectivity index (χ4v) is 1.20. The number of hydrogen-bond acceptors (Lipinski definition) is 2. The molecule has 0 atom stereocenters. The number of carbonyl (C=O) groups excluding carboxylic acids is 1. The van der Waals surface area contributed by atoms with E-state index >= 15 is 0 Å². The summed E-state index contributed by atoms with van der Waals surface area (Å²) in [5.74, 6) is 0.450. The Morgan fingerprint density at radius 1 is 1.38 bits per heavy atom. The van der Waals surface area contributed by atoms with Gasteiger partial charge < -0.3 is 9.73 Å². The van der Waals surface area contributed by atoms with Gasteiger partial charge in [0.25, 0.3) is 0 Å². The summed E-state index contributed by atoms with van der Waals surface area (Å²) in [6, 6.07) is 7.16. The molecule has 4 heteroatoms. The lowest BCUT2D eigenvalue weighted by Crippen LogP contribution is -2.10. The van der Waals surface area contributed by atoms with Crippen molar-refractivity contribution in [1.29, 1.82) is 0 Å². The van der Waals surface area contributed by atoms with Gasteiger partial charge in [-0.05, 0) is 24.3 Å². The van der Waals surface area contributed by atoms with E-state index in [0.717, 1.165) is 5.69 Å². The number of anilines is 1. The zero-order chi connectivity index (χ0) is 11.2. The molecule has 16 heavy (non-hydrogen) atoms. The number of H-pyrrole nitrogens is 1. The van der Waals surface area contributed by atoms with Crippen LogP contribution in [0, 0.1) is 0 Å². The third kappa shape index (κ3) is 2.81. The summed E-state index contributed by atoms with van der Waals surface area (Å²) in [6.45, 7) is 0. The lowest BCUT2D eigenvalue weighted by molar-refractivity contribution is -0.377. The standard InChI is InChI=1S/C12H10N2O2/c15-12(6-5-11-4-2-8-16-11)14-10-3-1-7-13-9-10/h1-9H,(H,14,15)/p+1. The summed E-state index contributed by atoms with van der Waals surface area (Å²) in [7, 11) is 0. The Balaban J connectivity index is 1.95. The van der Waals surface area contributed by atoms with Gasteiger partial charge in [0.15, 0.2) is 12.4 Å². The topological polar surface area (TPSA) is 56.4 Å². The Kier molecular flexibility index (Phi) is 3.13. The Labute approximate surface area is 92.6 Å². The van der Waals surface area contributed by atoms with Crippen molar-refractivity contribution in [2.75, 3.05) is 5.32 Å². The molecule has 0 aliphatic rings. The van der Waals surface area contributed by atoms with E-state index in [-0.39, 0.29) is 5.91 Å². The van der Waals surface area contributed by atoms with Crippen LogP contribution < -0.4 is 10.3 Å². The first-order valence-corrected chi connectivity index (χ1v) is 4.83. The zero-order valence-electron chi connectivity index (χ0n) is 8.51. The Morgan fingerprint density at radius 2 is 2.31 bits per heavy atom. The maximum atomic E-state index is 11.5. The Morgan fingerprint density at radius 3 is 3.00 bits per heavy atom. The molecule has 0 fully saturated rings. The molecule has 2 heterocycles. The van der Waals surface area contributed by atoms with Crippen LogP contribution in [0.2, 0.25) is 0 Å². The fraction of sp³-hybridized carbons (Fsp3) is 0. The van der Waals surface area contributed by atoms with Crippen LogP contribution in [0.25, 0.3) is 6.08 Å². The van der Waals surface area contributed by atoms with Gasteiger partial charge >= 0.3 is 0 Å². The fourth-order valence-electron chi connectivity index (χ4n) is 1.20. The average Bonchev–Trinajstić information content (AvgIpc) is 2.81. The van der Waals surface area contributed by atoms with E-state index in [4.69, 9.17) is 4.42 Å². The van der Waals surface area contributed by atoms with E-state index in [0.29, 0.717) is 5.76 Å². The molecule has 1 amide bonds. The van der Waals surface area contributed by atoms with Gasteiger partial charge in [0.2, 0.25) is 5.91 Å². The second kappa shape index (κ2) is 4.93. The van der Waals surface area contributed by atoms with Crippen molar-refractivity contribution in [2.24, 2.45) is 0 Å². The van der Waals surface area contributed by atoms with E-state index in [1.807, 2.05) is 6.07 Å². The van der Waals surface area contributed by atoms with Crippen LogP contribution in [0.4, 0.5) is 5.69 Å². The number of rotatable bonds is 3. The predicted molar refractivity (Wildman–Crippen MR) is 59.4 cm³/mol. The number of carbonyl (C=O) groups is 1. The maximum Gasteiger partial charge on any atom is 0.248 e. The van der Waals surface area contributed by atoms with Crippen molar-refractivity contribution in [3.05, 3.63) is 54.8 Å². The molecule has 0 bridgehead atoms. The number of aromatic amines is 1. The van der Waals surface area contributed by atoms with Crippen LogP contribution in [0.3, 0.4) is 0 Å². The van der Waals surface area contributed by atoms with Gasteiger partial charge in [-0.25, -0.2) is 4.98 Å². The predicted octanol–water partition coefficient (Wildman–Crippen LogP) is 1.75. The number of pyridine rings is 1. The molecule has 2 aromatic rings. The summed E-state index contributed by atoms with van der Waals surface area (Å²) < 4.78 is 5.06. The monoisotopic (exact) mass is 215 g/mol. The highest BCUT2D eigenvalue weighted by Crippen LogP contribution is 2.04. The van der Waals surface area contributed by atoms with E-state index < -0.39 is 0 Å². The third-order valence-corrected chi connectivity index (χ3v) is 1.92. The highest BCUT2D eigenvalue weighted by atomic mass is 16.3. The van der Waals surface area contributed by atoms with Crippen molar-refractivity contribution in [1.82, 2.24) is 0 Å². The first kappa shape index (κ1) is 10.2. The van der Waals surface area contributed by atoms with Gasteiger partial charge in [-0.3, -0.25) is 4.79 Å². The minimum atomic E-state index is -0.198. The molecular weight excluding hydrogens is 204 g/mol. The summed E-state index contributed by atoms with van der Waals surface area (Å²) in [6.07, 6.45) is 8.07. The van der Waals surface area contributed by atoms with Crippen molar-refractivity contribution in [3.8, 4) is 0 Å². The van der Waals surface area contributed by atoms with Gasteiger partial charge in [0.05, 0.1) is 6.26 Å². The molecule has 0 saturated heterocycles. The summed E-state index contributed by atoms with van der Waals surface area (Å²) >= 11 is 0. The van der Waals surface area contributed by atoms with Crippen molar-refractivity contribution < 1.29 is 14.2 Å². The number of amides is 1. The third-order valence-electron chi connectivity index (χ3n) is 1.92. The molecule has 80 valence electrons. The molecule has 0 radical (unpaired) electrons. The lowest BCUT2D eigenvalue weighted by Gasteiger charge is -1.96. The van der Waals surface area contributed by atoms with Gasteiger partial charge in [-0.1, -0.05) is 0 Å². The number of nitrogens with one attached hydrogen (secondary N) is 2. The number of aromatic nitrogens is 1. The second-order valence-electron chi connectivity index (χ2n) is 3.13. The van der Waals surface area contributed by atoms with Crippen LogP contribution in [0.5, 0.6) is 0 Å². The van der Waals surface area contributed by atoms with Crippen molar-refractivity contribution in [2.45, 2.75) is 0 Å². The van der Waals surface area contributed by atoms with Gasteiger partial charge in [-0.15, -0.1) is 0 Å². The number of hydrogen-bond donors (Lipinski definition) is 1. The van der Waals surface area contributed by atoms with Crippen molar-refractivity contribution in [3.63, 3.8) is 0 Å². The SMILES string of the molecule is O=C(C=Cc1ccco1)Nc1ccc[nH+]c1. The van der Waals surface area contributed by atoms with E-state index in [9.17, 15) is 4.79 Å². The molecule has 0 aliphatic carbocycles. The molecule has 0 aliphatic heterocycles. The largest absolute Gasteiger partial charge is 0.465 e. The first-order chi connectivity index (χ1) is 7.84. The average molecular weight is 215 g/mol. The van der Waals surface area contributed by atoms with E-state index in [2.05, 4.69) is 10.3 Å². The molecule has 0 saturated carbocycles. The van der Waals surface area contributed by atoms with Gasteiger partial charge in [0.1, 0.15) is 11.4 Å². The normalized spacial score (nSPS) is 10.5. The lowest BCUT2D eigenvalue weighted by atomic mass is 10.3. The van der Waals surface area contributed by atoms with Crippen LogP contribution in [0.15, 0.2) is 53.4 Å². The van der Waals surface area contributed by atoms with Gasteiger partial charge in [-0.2, -0.15) is 0 Å². The first-order valence-electron chi connectivity index (χ1n) is 4.83. The molecule has 2 rings (SSSR count). The second-order valence-corrected chi connectivity index (χ2v) is 3.13. The summed E-state index contributed by atoms with van der Waals surface area (Å²) in [5, 5.41) is 2.71. The van der Waals surface area contributed by atoms with Crippen LogP contribution >= 0.6 is 0 Å². The maximum absolute atomic E-state index is 11.5. The van der Waals surface area contributed by atoms with Gasteiger partial charge in [0, 0.05) is 12.1 Å². The highest BCUT2D eigenvalue weighted by molar-refractivity contribution is 6.01. The smallest absolute Gasteiger partial charge is 0.248 e. The molecule has 0 aromatic carbocycles. The molecule has 4 nitrogen and oxygen atoms in total. The molecule has 0 unspecified atom stereocenters. The molecule has 2 aromatic heterocycles. The Bertz CT molecular complexity index is 475. The molecular formula is C12H11N2O2+. The molecule has 2 N–H and O–H groups in total. The van der Waals surface area contributed by atoms with E-state index in [1.54, 1.807) is 42.9 Å². The highest BCUT2D eigenvalue weighted by Gasteiger charge is 1.99. The quantitative estimate of drug-likeness (QED) is 0.793. The zero-order valence-corrected chi connectivity index (χ0v) is 8.51. The Hall–Kier alpha value is -2.36. The minimum Gasteiger partial charge on any atom is -0.465 e. The molecule has 0 spiro atoms. The minimum absolute atomic E-state index is 0.198. The van der Waals surface area contributed by atoms with E-state index in [1.165, 1.54) is 6.08 Å². The summed E-state index contributed by atoms with van der Waals surface area (Å²) in [4.78, 5) is 14.3. The van der Waals surface area contributed by atoms with Crippen LogP contribution in [-0.4, -0.2) is 5.91 Å². The van der Waals surface area contributed by atoms with Crippen LogP contribution in [0.1, 0.15) is 5.76 Å². The number of furan rings is 1. The van der Waals surface area contributed by atoms with Crippen molar-refractivity contribution >= 4 is 17.7 Å². The summed E-state index contributed by atoms with van der Waals surface area (Å²) in [5.41, 5.74) is 0.719.